The molecular weight excluding hydrogens is 384 g/mol. The molecule has 2 N–H and O–H groups in total. The highest BCUT2D eigenvalue weighted by molar-refractivity contribution is 6.30. The number of rotatable bonds is 2. The van der Waals surface area contributed by atoms with E-state index in [0.717, 1.165) is 28.2 Å². The van der Waals surface area contributed by atoms with Crippen molar-refractivity contribution < 1.29 is 0 Å². The highest BCUT2D eigenvalue weighted by Crippen LogP contribution is 2.41. The van der Waals surface area contributed by atoms with E-state index in [1.807, 2.05) is 62.8 Å². The van der Waals surface area contributed by atoms with Gasteiger partial charge in [0.1, 0.15) is 11.7 Å². The van der Waals surface area contributed by atoms with E-state index in [-0.39, 0.29) is 5.92 Å². The minimum absolute atomic E-state index is 0.0554. The fraction of sp³-hybridized carbons (Fsp3) is 0.227. The molecule has 2 aromatic carbocycles. The summed E-state index contributed by atoms with van der Waals surface area (Å²) in [4.78, 5) is 3.93. The third-order valence-corrected chi connectivity index (χ3v) is 5.44. The smallest absolute Gasteiger partial charge is 0.111 e. The number of anilines is 3. The topological polar surface area (TPSA) is 72.0 Å². The average molecular weight is 407 g/mol. The van der Waals surface area contributed by atoms with E-state index >= 15 is 0 Å². The van der Waals surface area contributed by atoms with E-state index in [9.17, 15) is 0 Å². The summed E-state index contributed by atoms with van der Waals surface area (Å²) in [6.45, 7) is 4.38. The molecule has 0 radical (unpaired) electrons. The first-order chi connectivity index (χ1) is 13.8. The summed E-state index contributed by atoms with van der Waals surface area (Å²) in [5, 5.41) is 22.0. The van der Waals surface area contributed by atoms with Gasteiger partial charge in [-0.3, -0.25) is 20.4 Å². The Hall–Kier alpha value is -3.12. The van der Waals surface area contributed by atoms with Crippen LogP contribution in [0.15, 0.2) is 54.9 Å². The number of halogens is 1. The third-order valence-electron chi connectivity index (χ3n) is 5.18. The molecule has 2 heterocycles. The standard InChI is InChI=1S/C22H23ClN6/c1-14-12-28(19-7-5-18(23)6-8-19)21-10-16(17-11-26-27(3)13-17)4-9-20(21)29(15(2)24)22(14)25/h4-11,13-14,24-25H,12H2,1-3H3/t14-/m1/s1. The number of nitrogens with one attached hydrogen (secondary N) is 2. The van der Waals surface area contributed by atoms with Gasteiger partial charge < -0.3 is 4.90 Å². The van der Waals surface area contributed by atoms with Gasteiger partial charge in [0.15, 0.2) is 0 Å². The number of aryl methyl sites for hydroxylation is 1. The molecule has 1 aromatic heterocycles. The van der Waals surface area contributed by atoms with Gasteiger partial charge >= 0.3 is 0 Å². The van der Waals surface area contributed by atoms with Crippen molar-refractivity contribution >= 4 is 40.3 Å². The maximum absolute atomic E-state index is 8.68. The lowest BCUT2D eigenvalue weighted by Crippen LogP contribution is -2.38. The molecule has 1 atom stereocenters. The maximum atomic E-state index is 8.68. The van der Waals surface area contributed by atoms with Gasteiger partial charge in [0.05, 0.1) is 17.6 Å². The van der Waals surface area contributed by atoms with Crippen LogP contribution in [0.25, 0.3) is 11.1 Å². The molecule has 1 aliphatic rings. The van der Waals surface area contributed by atoms with Gasteiger partial charge in [-0.05, 0) is 48.9 Å². The molecule has 3 aromatic rings. The van der Waals surface area contributed by atoms with Crippen LogP contribution < -0.4 is 9.80 Å². The number of amidine groups is 2. The zero-order chi connectivity index (χ0) is 20.7. The number of hydrogen-bond acceptors (Lipinski definition) is 4. The molecule has 1 aliphatic heterocycles. The largest absolute Gasteiger partial charge is 0.339 e. The Labute approximate surface area is 175 Å². The number of aromatic nitrogens is 2. The van der Waals surface area contributed by atoms with Gasteiger partial charge in [0, 0.05) is 42.0 Å². The van der Waals surface area contributed by atoms with Crippen LogP contribution >= 0.6 is 11.6 Å². The Bertz CT molecular complexity index is 1080. The van der Waals surface area contributed by atoms with Gasteiger partial charge in [0.25, 0.3) is 0 Å². The fourth-order valence-corrected chi connectivity index (χ4v) is 3.84. The van der Waals surface area contributed by atoms with E-state index in [2.05, 4.69) is 16.1 Å². The Morgan fingerprint density at radius 3 is 2.45 bits per heavy atom. The molecular formula is C22H23ClN6. The van der Waals surface area contributed by atoms with Crippen LogP contribution in [-0.2, 0) is 7.05 Å². The van der Waals surface area contributed by atoms with Crippen LogP contribution in [0.5, 0.6) is 0 Å². The lowest BCUT2D eigenvalue weighted by atomic mass is 10.1. The van der Waals surface area contributed by atoms with Crippen molar-refractivity contribution in [2.24, 2.45) is 13.0 Å². The number of nitrogens with zero attached hydrogens (tertiary/aromatic N) is 4. The zero-order valence-electron chi connectivity index (χ0n) is 16.6. The van der Waals surface area contributed by atoms with Gasteiger partial charge in [-0.25, -0.2) is 0 Å². The quantitative estimate of drug-likeness (QED) is 0.447. The molecule has 0 amide bonds. The Balaban J connectivity index is 1.93. The van der Waals surface area contributed by atoms with Gasteiger partial charge in [-0.2, -0.15) is 5.10 Å². The monoisotopic (exact) mass is 406 g/mol. The molecule has 0 fully saturated rings. The Morgan fingerprint density at radius 2 is 1.83 bits per heavy atom. The molecule has 0 bridgehead atoms. The van der Waals surface area contributed by atoms with E-state index in [4.69, 9.17) is 22.4 Å². The first-order valence-corrected chi connectivity index (χ1v) is 9.83. The number of hydrogen-bond donors (Lipinski definition) is 2. The summed E-state index contributed by atoms with van der Waals surface area (Å²) in [5.41, 5.74) is 4.85. The van der Waals surface area contributed by atoms with Gasteiger partial charge in [-0.1, -0.05) is 24.6 Å². The van der Waals surface area contributed by atoms with Gasteiger partial charge in [-0.15, -0.1) is 0 Å². The van der Waals surface area contributed by atoms with E-state index < -0.39 is 0 Å². The Morgan fingerprint density at radius 1 is 1.10 bits per heavy atom. The van der Waals surface area contributed by atoms with Crippen molar-refractivity contribution in [1.29, 1.82) is 10.8 Å². The first-order valence-electron chi connectivity index (χ1n) is 9.45. The second kappa shape index (κ2) is 7.37. The predicted octanol–water partition coefficient (Wildman–Crippen LogP) is 5.31. The molecule has 7 heteroatoms. The highest BCUT2D eigenvalue weighted by atomic mass is 35.5. The molecule has 0 unspecified atom stereocenters. The first kappa shape index (κ1) is 19.2. The third kappa shape index (κ3) is 3.51. The van der Waals surface area contributed by atoms with Crippen LogP contribution in [-0.4, -0.2) is 28.0 Å². The zero-order valence-corrected chi connectivity index (χ0v) is 17.4. The molecule has 0 saturated heterocycles. The van der Waals surface area contributed by atoms with E-state index in [1.165, 1.54) is 0 Å². The van der Waals surface area contributed by atoms with Gasteiger partial charge in [0.2, 0.25) is 0 Å². The van der Waals surface area contributed by atoms with Crippen molar-refractivity contribution in [1.82, 2.24) is 9.78 Å². The summed E-state index contributed by atoms with van der Waals surface area (Å²) in [6.07, 6.45) is 3.82. The lowest BCUT2D eigenvalue weighted by Gasteiger charge is -2.27. The number of benzene rings is 2. The summed E-state index contributed by atoms with van der Waals surface area (Å²) < 4.78 is 1.78. The normalized spacial score (nSPS) is 16.6. The van der Waals surface area contributed by atoms with Crippen molar-refractivity contribution in [2.45, 2.75) is 13.8 Å². The minimum Gasteiger partial charge on any atom is -0.339 e. The highest BCUT2D eigenvalue weighted by Gasteiger charge is 2.31. The summed E-state index contributed by atoms with van der Waals surface area (Å²) in [5.74, 6) is 0.694. The molecule has 148 valence electrons. The number of fused-ring (bicyclic) bond motifs is 1. The van der Waals surface area contributed by atoms with Crippen molar-refractivity contribution in [2.75, 3.05) is 16.3 Å². The molecule has 0 aliphatic carbocycles. The minimum atomic E-state index is -0.0554. The van der Waals surface area contributed by atoms with Crippen molar-refractivity contribution in [3.8, 4) is 11.1 Å². The predicted molar refractivity (Wildman–Crippen MR) is 120 cm³/mol. The SMILES string of the molecule is CC(=N)N1C(=N)[C@H](C)CN(c2ccc(Cl)cc2)c2cc(-c3cnn(C)c3)ccc21. The maximum Gasteiger partial charge on any atom is 0.111 e. The van der Waals surface area contributed by atoms with Crippen LogP contribution in [0.3, 0.4) is 0 Å². The van der Waals surface area contributed by atoms with E-state index in [0.29, 0.717) is 23.2 Å². The van der Waals surface area contributed by atoms with Crippen LogP contribution in [0.1, 0.15) is 13.8 Å². The second-order valence-corrected chi connectivity index (χ2v) is 7.84. The molecule has 0 saturated carbocycles. The second-order valence-electron chi connectivity index (χ2n) is 7.40. The van der Waals surface area contributed by atoms with Crippen molar-refractivity contribution in [3.63, 3.8) is 0 Å². The Kier molecular flexibility index (Phi) is 4.88. The van der Waals surface area contributed by atoms with Crippen molar-refractivity contribution in [3.05, 3.63) is 59.9 Å². The summed E-state index contributed by atoms with van der Waals surface area (Å²) in [6, 6.07) is 13.9. The van der Waals surface area contributed by atoms with Crippen LogP contribution in [0.4, 0.5) is 17.1 Å². The fourth-order valence-electron chi connectivity index (χ4n) is 3.71. The molecule has 6 nitrogen and oxygen atoms in total. The molecule has 0 spiro atoms. The summed E-state index contributed by atoms with van der Waals surface area (Å²) >= 11 is 6.11. The lowest BCUT2D eigenvalue weighted by molar-refractivity contribution is 0.757. The van der Waals surface area contributed by atoms with Crippen LogP contribution in [0, 0.1) is 16.7 Å². The average Bonchev–Trinajstić information content (AvgIpc) is 3.09. The summed E-state index contributed by atoms with van der Waals surface area (Å²) in [7, 11) is 1.90. The molecule has 4 rings (SSSR count). The van der Waals surface area contributed by atoms with E-state index in [1.54, 1.807) is 16.5 Å². The van der Waals surface area contributed by atoms with Crippen LogP contribution in [0.2, 0.25) is 5.02 Å². The molecule has 29 heavy (non-hydrogen) atoms.